The molecular formula is C18H26O3. The fourth-order valence-electron chi connectivity index (χ4n) is 4.10. The minimum Gasteiger partial charge on any atom is -0.453 e. The van der Waals surface area contributed by atoms with Gasteiger partial charge in [-0.15, -0.1) is 0 Å². The average molecular weight is 290 g/mol. The predicted molar refractivity (Wildman–Crippen MR) is 81.8 cm³/mol. The van der Waals surface area contributed by atoms with Crippen LogP contribution in [-0.2, 0) is 9.53 Å². The van der Waals surface area contributed by atoms with E-state index in [-0.39, 0.29) is 12.1 Å². The topological polar surface area (TPSA) is 46.5 Å². The van der Waals surface area contributed by atoms with Crippen molar-refractivity contribution in [3.05, 3.63) is 22.8 Å². The van der Waals surface area contributed by atoms with E-state index in [4.69, 9.17) is 4.74 Å². The molecule has 2 saturated carbocycles. The lowest BCUT2D eigenvalue weighted by Crippen LogP contribution is -2.43. The second-order valence-corrected chi connectivity index (χ2v) is 6.78. The molecule has 0 saturated heterocycles. The highest BCUT2D eigenvalue weighted by molar-refractivity contribution is 5.69. The Morgan fingerprint density at radius 1 is 1.14 bits per heavy atom. The van der Waals surface area contributed by atoms with Crippen LogP contribution in [0.25, 0.3) is 0 Å². The Labute approximate surface area is 127 Å². The minimum atomic E-state index is -0.672. The van der Waals surface area contributed by atoms with E-state index >= 15 is 0 Å². The summed E-state index contributed by atoms with van der Waals surface area (Å²) >= 11 is 0. The number of hydrogen-bond acceptors (Lipinski definition) is 3. The molecule has 3 nitrogen and oxygen atoms in total. The molecule has 1 unspecified atom stereocenters. The highest BCUT2D eigenvalue weighted by Crippen LogP contribution is 2.47. The standard InChI is InChI=1S/C18H26O3/c1-13(19)21-16-12-15(18(20)10-6-3-7-11-18)17(16)14-8-4-2-5-9-14/h12,16,20H,2-11H2,1H3. The van der Waals surface area contributed by atoms with Gasteiger partial charge in [0.1, 0.15) is 6.10 Å². The first-order valence-electron chi connectivity index (χ1n) is 8.44. The van der Waals surface area contributed by atoms with Crippen LogP contribution in [0.3, 0.4) is 0 Å². The number of rotatable bonds is 2. The van der Waals surface area contributed by atoms with Crippen LogP contribution in [0.5, 0.6) is 0 Å². The maximum atomic E-state index is 11.3. The summed E-state index contributed by atoms with van der Waals surface area (Å²) < 4.78 is 5.43. The number of esters is 1. The van der Waals surface area contributed by atoms with Gasteiger partial charge in [-0.3, -0.25) is 4.79 Å². The van der Waals surface area contributed by atoms with E-state index in [1.165, 1.54) is 38.2 Å². The molecule has 3 heteroatoms. The van der Waals surface area contributed by atoms with E-state index in [0.29, 0.717) is 0 Å². The van der Waals surface area contributed by atoms with Crippen molar-refractivity contribution in [2.24, 2.45) is 0 Å². The average Bonchev–Trinajstić information content (AvgIpc) is 2.44. The molecular weight excluding hydrogens is 264 g/mol. The predicted octanol–water partition coefficient (Wildman–Crippen LogP) is 3.81. The first-order chi connectivity index (χ1) is 10.1. The van der Waals surface area contributed by atoms with E-state index < -0.39 is 5.60 Å². The number of hydrogen-bond donors (Lipinski definition) is 1. The fourth-order valence-corrected chi connectivity index (χ4v) is 4.10. The monoisotopic (exact) mass is 290 g/mol. The van der Waals surface area contributed by atoms with Gasteiger partial charge in [-0.2, -0.15) is 0 Å². The summed E-state index contributed by atoms with van der Waals surface area (Å²) in [5.74, 6) is -0.236. The second kappa shape index (κ2) is 5.96. The Bertz CT molecular complexity index is 473. The Kier molecular flexibility index (Phi) is 4.21. The van der Waals surface area contributed by atoms with Crippen molar-refractivity contribution < 1.29 is 14.6 Å². The fraction of sp³-hybridized carbons (Fsp3) is 0.722. The van der Waals surface area contributed by atoms with Crippen molar-refractivity contribution in [3.8, 4) is 0 Å². The van der Waals surface area contributed by atoms with Crippen molar-refractivity contribution in [3.63, 3.8) is 0 Å². The van der Waals surface area contributed by atoms with Crippen molar-refractivity contribution in [2.75, 3.05) is 0 Å². The zero-order valence-electron chi connectivity index (χ0n) is 13.0. The smallest absolute Gasteiger partial charge is 0.303 e. The van der Waals surface area contributed by atoms with Gasteiger partial charge in [-0.1, -0.05) is 31.3 Å². The van der Waals surface area contributed by atoms with E-state index in [1.807, 2.05) is 6.08 Å². The number of carbonyl (C=O) groups excluding carboxylic acids is 1. The number of aliphatic hydroxyl groups is 1. The van der Waals surface area contributed by atoms with Crippen LogP contribution < -0.4 is 0 Å². The van der Waals surface area contributed by atoms with E-state index in [9.17, 15) is 9.90 Å². The van der Waals surface area contributed by atoms with Crippen LogP contribution in [0.15, 0.2) is 22.8 Å². The van der Waals surface area contributed by atoms with E-state index in [1.54, 1.807) is 0 Å². The third-order valence-electron chi connectivity index (χ3n) is 5.21. The van der Waals surface area contributed by atoms with E-state index in [0.717, 1.165) is 49.7 Å². The molecule has 0 aromatic rings. The van der Waals surface area contributed by atoms with Crippen LogP contribution in [-0.4, -0.2) is 22.8 Å². The van der Waals surface area contributed by atoms with Crippen LogP contribution in [0, 0.1) is 0 Å². The first kappa shape index (κ1) is 14.8. The van der Waals surface area contributed by atoms with Crippen LogP contribution in [0.4, 0.5) is 0 Å². The van der Waals surface area contributed by atoms with Gasteiger partial charge < -0.3 is 9.84 Å². The van der Waals surface area contributed by atoms with Gasteiger partial charge in [0.2, 0.25) is 0 Å². The van der Waals surface area contributed by atoms with Gasteiger partial charge in [0.25, 0.3) is 0 Å². The minimum absolute atomic E-state index is 0.212. The summed E-state index contributed by atoms with van der Waals surface area (Å²) in [6.07, 6.45) is 12.8. The largest absolute Gasteiger partial charge is 0.453 e. The summed E-state index contributed by atoms with van der Waals surface area (Å²) in [6.45, 7) is 1.46. The third kappa shape index (κ3) is 2.94. The Morgan fingerprint density at radius 2 is 1.76 bits per heavy atom. The molecule has 0 aromatic carbocycles. The molecule has 3 rings (SSSR count). The Hall–Kier alpha value is -1.09. The molecule has 3 aliphatic rings. The molecule has 0 radical (unpaired) electrons. The maximum absolute atomic E-state index is 11.3. The molecule has 0 heterocycles. The quantitative estimate of drug-likeness (QED) is 0.787. The molecule has 3 aliphatic carbocycles. The zero-order chi connectivity index (χ0) is 14.9. The SMILES string of the molecule is CC(=O)OC1C=C(C2(O)CCCCC2)C1=C1CCCCC1. The summed E-state index contributed by atoms with van der Waals surface area (Å²) in [6, 6.07) is 0. The van der Waals surface area contributed by atoms with Crippen molar-refractivity contribution in [1.82, 2.24) is 0 Å². The highest BCUT2D eigenvalue weighted by Gasteiger charge is 2.44. The molecule has 116 valence electrons. The lowest BCUT2D eigenvalue weighted by molar-refractivity contribution is -0.143. The van der Waals surface area contributed by atoms with Crippen LogP contribution in [0.1, 0.15) is 71.1 Å². The summed E-state index contributed by atoms with van der Waals surface area (Å²) in [5, 5.41) is 11.0. The Balaban J connectivity index is 1.89. The molecule has 1 atom stereocenters. The normalized spacial score (nSPS) is 28.7. The molecule has 0 aliphatic heterocycles. The molecule has 0 aromatic heterocycles. The third-order valence-corrected chi connectivity index (χ3v) is 5.21. The van der Waals surface area contributed by atoms with Crippen LogP contribution in [0.2, 0.25) is 0 Å². The van der Waals surface area contributed by atoms with Gasteiger partial charge in [0, 0.05) is 12.5 Å². The summed E-state index contributed by atoms with van der Waals surface area (Å²) in [4.78, 5) is 11.3. The van der Waals surface area contributed by atoms with Crippen molar-refractivity contribution in [1.29, 1.82) is 0 Å². The first-order valence-corrected chi connectivity index (χ1v) is 8.44. The maximum Gasteiger partial charge on any atom is 0.303 e. The zero-order valence-corrected chi connectivity index (χ0v) is 13.0. The van der Waals surface area contributed by atoms with Gasteiger partial charge in [0.05, 0.1) is 5.60 Å². The molecule has 2 fully saturated rings. The highest BCUT2D eigenvalue weighted by atomic mass is 16.5. The van der Waals surface area contributed by atoms with Gasteiger partial charge in [0.15, 0.2) is 0 Å². The van der Waals surface area contributed by atoms with Gasteiger partial charge in [-0.05, 0) is 50.2 Å². The molecule has 0 amide bonds. The van der Waals surface area contributed by atoms with Gasteiger partial charge >= 0.3 is 5.97 Å². The van der Waals surface area contributed by atoms with Crippen LogP contribution >= 0.6 is 0 Å². The summed E-state index contributed by atoms with van der Waals surface area (Å²) in [5.41, 5.74) is 2.98. The molecule has 0 spiro atoms. The molecule has 0 bridgehead atoms. The number of allylic oxidation sites excluding steroid dienone is 1. The molecule has 21 heavy (non-hydrogen) atoms. The van der Waals surface area contributed by atoms with Crippen molar-refractivity contribution in [2.45, 2.75) is 82.8 Å². The lowest BCUT2D eigenvalue weighted by Gasteiger charge is -2.43. The lowest BCUT2D eigenvalue weighted by atomic mass is 9.68. The summed E-state index contributed by atoms with van der Waals surface area (Å²) in [7, 11) is 0. The number of carbonyl (C=O) groups is 1. The van der Waals surface area contributed by atoms with Gasteiger partial charge in [-0.25, -0.2) is 0 Å². The van der Waals surface area contributed by atoms with Crippen molar-refractivity contribution >= 4 is 5.97 Å². The number of ether oxygens (including phenoxy) is 1. The molecule has 1 N–H and O–H groups in total. The second-order valence-electron chi connectivity index (χ2n) is 6.78. The van der Waals surface area contributed by atoms with E-state index in [2.05, 4.69) is 0 Å². The Morgan fingerprint density at radius 3 is 2.38 bits per heavy atom.